The Kier molecular flexibility index (Phi) is 5.64. The van der Waals surface area contributed by atoms with Crippen LogP contribution in [0, 0.1) is 11.8 Å². The molecule has 1 spiro atoms. The second-order valence-electron chi connectivity index (χ2n) is 10.4. The molecular weight excluding hydrogens is 422 g/mol. The molecule has 1 N–H and O–H groups in total. The van der Waals surface area contributed by atoms with E-state index >= 15 is 0 Å². The van der Waals surface area contributed by atoms with Gasteiger partial charge in [-0.05, 0) is 26.2 Å². The first-order valence-corrected chi connectivity index (χ1v) is 12.4. The van der Waals surface area contributed by atoms with Gasteiger partial charge in [0.2, 0.25) is 17.7 Å². The number of hydrogen-bond acceptors (Lipinski definition) is 5. The molecule has 33 heavy (non-hydrogen) atoms. The monoisotopic (exact) mass is 457 g/mol. The number of aliphatic hydroxyl groups excluding tert-OH is 1. The van der Waals surface area contributed by atoms with E-state index < -0.39 is 29.1 Å². The molecule has 8 heteroatoms. The van der Waals surface area contributed by atoms with Crippen LogP contribution in [0.4, 0.5) is 0 Å². The fourth-order valence-corrected chi connectivity index (χ4v) is 6.86. The average molecular weight is 458 g/mol. The predicted molar refractivity (Wildman–Crippen MR) is 121 cm³/mol. The van der Waals surface area contributed by atoms with Gasteiger partial charge in [-0.3, -0.25) is 14.4 Å². The van der Waals surface area contributed by atoms with Crippen LogP contribution in [-0.4, -0.2) is 94.1 Å². The third kappa shape index (κ3) is 3.28. The number of likely N-dealkylation sites (tertiary alicyclic amines) is 1. The van der Waals surface area contributed by atoms with Gasteiger partial charge in [-0.15, -0.1) is 0 Å². The number of ether oxygens (including phenoxy) is 1. The molecule has 4 heterocycles. The highest BCUT2D eigenvalue weighted by molar-refractivity contribution is 6.00. The first-order valence-electron chi connectivity index (χ1n) is 12.4. The number of hydrogen-bond donors (Lipinski definition) is 1. The lowest BCUT2D eigenvalue weighted by molar-refractivity contribution is -0.154. The van der Waals surface area contributed by atoms with Gasteiger partial charge in [-0.2, -0.15) is 0 Å². The fraction of sp³-hybridized carbons (Fsp3) is 0.720. The lowest BCUT2D eigenvalue weighted by Gasteiger charge is -2.40. The number of rotatable bonds is 4. The molecule has 0 bridgehead atoms. The third-order valence-electron chi connectivity index (χ3n) is 8.36. The van der Waals surface area contributed by atoms with Crippen molar-refractivity contribution in [1.82, 2.24) is 14.7 Å². The molecule has 0 radical (unpaired) electrons. The van der Waals surface area contributed by atoms with E-state index in [-0.39, 0.29) is 36.9 Å². The van der Waals surface area contributed by atoms with Gasteiger partial charge in [0.1, 0.15) is 11.6 Å². The van der Waals surface area contributed by atoms with Crippen LogP contribution < -0.4 is 0 Å². The summed E-state index contributed by atoms with van der Waals surface area (Å²) in [5.74, 6) is -1.91. The minimum absolute atomic E-state index is 0.0725. The molecule has 5 atom stereocenters. The Morgan fingerprint density at radius 1 is 1.00 bits per heavy atom. The summed E-state index contributed by atoms with van der Waals surface area (Å²) < 4.78 is 6.74. The smallest absolute Gasteiger partial charge is 0.249 e. The van der Waals surface area contributed by atoms with Crippen LogP contribution in [0.25, 0.3) is 0 Å². The topological polar surface area (TPSA) is 90.4 Å². The van der Waals surface area contributed by atoms with Crippen molar-refractivity contribution in [2.24, 2.45) is 11.8 Å². The SMILES string of the molecule is CN1CC=C[C@]2(C)O[C@]34C=CCN(C5CCCCC5)C(=O)C3N(CCCO)C(=O)[C@@H]4[C@@H]2C1=O. The highest BCUT2D eigenvalue weighted by Crippen LogP contribution is 2.57. The van der Waals surface area contributed by atoms with Crippen molar-refractivity contribution in [2.75, 3.05) is 33.3 Å². The molecule has 0 aromatic rings. The molecule has 4 aliphatic heterocycles. The molecule has 3 fully saturated rings. The van der Waals surface area contributed by atoms with Crippen LogP contribution in [0.3, 0.4) is 0 Å². The highest BCUT2D eigenvalue weighted by Gasteiger charge is 2.74. The van der Waals surface area contributed by atoms with E-state index in [1.807, 2.05) is 36.1 Å². The number of aliphatic hydroxyl groups is 1. The van der Waals surface area contributed by atoms with Crippen molar-refractivity contribution >= 4 is 17.7 Å². The Labute approximate surface area is 195 Å². The third-order valence-corrected chi connectivity index (χ3v) is 8.36. The van der Waals surface area contributed by atoms with Crippen molar-refractivity contribution in [3.63, 3.8) is 0 Å². The molecule has 5 rings (SSSR count). The summed E-state index contributed by atoms with van der Waals surface area (Å²) in [6.45, 7) is 3.01. The van der Waals surface area contributed by atoms with Gasteiger partial charge >= 0.3 is 0 Å². The zero-order chi connectivity index (χ0) is 23.4. The van der Waals surface area contributed by atoms with Gasteiger partial charge in [0.05, 0.1) is 17.4 Å². The quantitative estimate of drug-likeness (QED) is 0.639. The zero-order valence-corrected chi connectivity index (χ0v) is 19.6. The van der Waals surface area contributed by atoms with Gasteiger partial charge in [-0.25, -0.2) is 0 Å². The number of carbonyl (C=O) groups excluding carboxylic acids is 3. The maximum atomic E-state index is 14.1. The van der Waals surface area contributed by atoms with Crippen molar-refractivity contribution < 1.29 is 24.2 Å². The normalized spacial score (nSPS) is 38.9. The van der Waals surface area contributed by atoms with Crippen LogP contribution in [0.15, 0.2) is 24.3 Å². The fourth-order valence-electron chi connectivity index (χ4n) is 6.86. The lowest BCUT2D eigenvalue weighted by Crippen LogP contribution is -2.57. The summed E-state index contributed by atoms with van der Waals surface area (Å²) in [7, 11) is 1.74. The summed E-state index contributed by atoms with van der Waals surface area (Å²) in [4.78, 5) is 46.7. The lowest BCUT2D eigenvalue weighted by atomic mass is 9.74. The molecule has 5 aliphatic rings. The molecule has 0 aromatic carbocycles. The van der Waals surface area contributed by atoms with E-state index in [0.717, 1.165) is 25.7 Å². The highest BCUT2D eigenvalue weighted by atomic mass is 16.5. The number of carbonyl (C=O) groups is 3. The van der Waals surface area contributed by atoms with E-state index in [0.29, 0.717) is 19.5 Å². The Morgan fingerprint density at radius 2 is 1.73 bits per heavy atom. The van der Waals surface area contributed by atoms with E-state index in [1.165, 1.54) is 6.42 Å². The summed E-state index contributed by atoms with van der Waals surface area (Å²) >= 11 is 0. The Hall–Kier alpha value is -2.19. The van der Waals surface area contributed by atoms with Gasteiger partial charge in [-0.1, -0.05) is 43.6 Å². The zero-order valence-electron chi connectivity index (χ0n) is 19.6. The second kappa shape index (κ2) is 8.24. The molecule has 3 amide bonds. The van der Waals surface area contributed by atoms with Gasteiger partial charge in [0.15, 0.2) is 0 Å². The summed E-state index contributed by atoms with van der Waals surface area (Å²) in [6.07, 6.45) is 13.4. The van der Waals surface area contributed by atoms with E-state index in [2.05, 4.69) is 0 Å². The standard InChI is InChI=1S/C25H35N3O5/c1-24-11-6-13-26(2)21(30)18(24)19-22(31)28(15-8-16-29)20-23(32)27(17-9-4-3-5-10-17)14-7-12-25(19,20)33-24/h6-7,11-12,17-20,29H,3-5,8-10,13-16H2,1-2H3/t18-,19+,20?,24+,25+/m1/s1. The minimum atomic E-state index is -1.19. The van der Waals surface area contributed by atoms with Crippen LogP contribution in [0.1, 0.15) is 45.4 Å². The van der Waals surface area contributed by atoms with Crippen LogP contribution in [0.5, 0.6) is 0 Å². The number of nitrogens with zero attached hydrogens (tertiary/aromatic N) is 3. The Morgan fingerprint density at radius 3 is 2.45 bits per heavy atom. The van der Waals surface area contributed by atoms with E-state index in [9.17, 15) is 19.5 Å². The maximum absolute atomic E-state index is 14.1. The molecule has 8 nitrogen and oxygen atoms in total. The summed E-state index contributed by atoms with van der Waals surface area (Å²) in [5, 5.41) is 9.48. The number of likely N-dealkylation sites (N-methyl/N-ethyl adjacent to an activating group) is 1. The average Bonchev–Trinajstić information content (AvgIpc) is 3.07. The predicted octanol–water partition coefficient (Wildman–Crippen LogP) is 1.10. The number of amides is 3. The van der Waals surface area contributed by atoms with Crippen LogP contribution in [-0.2, 0) is 19.1 Å². The first kappa shape index (κ1) is 22.6. The van der Waals surface area contributed by atoms with Gasteiger partial charge in [0, 0.05) is 39.3 Å². The van der Waals surface area contributed by atoms with Gasteiger partial charge < -0.3 is 24.5 Å². The van der Waals surface area contributed by atoms with Crippen molar-refractivity contribution in [1.29, 1.82) is 0 Å². The molecule has 2 saturated heterocycles. The molecular formula is C25H35N3O5. The Balaban J connectivity index is 1.60. The van der Waals surface area contributed by atoms with E-state index in [1.54, 1.807) is 16.8 Å². The van der Waals surface area contributed by atoms with Gasteiger partial charge in [0.25, 0.3) is 0 Å². The van der Waals surface area contributed by atoms with Crippen LogP contribution >= 0.6 is 0 Å². The minimum Gasteiger partial charge on any atom is -0.396 e. The van der Waals surface area contributed by atoms with Crippen molar-refractivity contribution in [2.45, 2.75) is 68.7 Å². The summed E-state index contributed by atoms with van der Waals surface area (Å²) in [5.41, 5.74) is -2.15. The van der Waals surface area contributed by atoms with Crippen molar-refractivity contribution in [3.8, 4) is 0 Å². The Bertz CT molecular complexity index is 896. The molecule has 1 aliphatic carbocycles. The second-order valence-corrected chi connectivity index (χ2v) is 10.4. The van der Waals surface area contributed by atoms with Crippen LogP contribution in [0.2, 0.25) is 0 Å². The molecule has 1 unspecified atom stereocenters. The maximum Gasteiger partial charge on any atom is 0.249 e. The largest absolute Gasteiger partial charge is 0.396 e. The summed E-state index contributed by atoms with van der Waals surface area (Å²) in [6, 6.07) is -0.660. The van der Waals surface area contributed by atoms with Crippen molar-refractivity contribution in [3.05, 3.63) is 24.3 Å². The molecule has 0 aromatic heterocycles. The van der Waals surface area contributed by atoms with E-state index in [4.69, 9.17) is 4.74 Å². The molecule has 180 valence electrons. The number of fused-ring (bicyclic) bond motifs is 2. The first-order chi connectivity index (χ1) is 15.8. The molecule has 1 saturated carbocycles.